The van der Waals surface area contributed by atoms with Gasteiger partial charge < -0.3 is 16.2 Å². The van der Waals surface area contributed by atoms with Gasteiger partial charge in [0.05, 0.1) is 18.2 Å². The van der Waals surface area contributed by atoms with Crippen LogP contribution in [0.15, 0.2) is 18.2 Å². The summed E-state index contributed by atoms with van der Waals surface area (Å²) in [6, 6.07) is 3.28. The highest BCUT2D eigenvalue weighted by Gasteiger charge is 2.13. The van der Waals surface area contributed by atoms with E-state index in [0.717, 1.165) is 6.07 Å². The highest BCUT2D eigenvalue weighted by atomic mass is 19.1. The maximum absolute atomic E-state index is 12.8. The summed E-state index contributed by atoms with van der Waals surface area (Å²) in [5.41, 5.74) is 5.82. The van der Waals surface area contributed by atoms with Crippen molar-refractivity contribution in [3.63, 3.8) is 0 Å². The van der Waals surface area contributed by atoms with Crippen LogP contribution in [0.25, 0.3) is 0 Å². The highest BCUT2D eigenvalue weighted by Crippen LogP contribution is 2.13. The third kappa shape index (κ3) is 2.93. The molecular formula is C11H15FN2O2. The van der Waals surface area contributed by atoms with Crippen LogP contribution in [-0.2, 0) is 0 Å². The topological polar surface area (TPSA) is 75.3 Å². The summed E-state index contributed by atoms with van der Waals surface area (Å²) >= 11 is 0. The van der Waals surface area contributed by atoms with E-state index in [1.807, 2.05) is 6.92 Å². The Morgan fingerprint density at radius 3 is 2.81 bits per heavy atom. The van der Waals surface area contributed by atoms with E-state index in [4.69, 9.17) is 10.8 Å². The zero-order chi connectivity index (χ0) is 12.1. The second kappa shape index (κ2) is 5.46. The van der Waals surface area contributed by atoms with Crippen LogP contribution >= 0.6 is 0 Å². The lowest BCUT2D eigenvalue weighted by molar-refractivity contribution is 0.0916. The van der Waals surface area contributed by atoms with Crippen LogP contribution in [-0.4, -0.2) is 23.7 Å². The van der Waals surface area contributed by atoms with Gasteiger partial charge in [-0.05, 0) is 24.6 Å². The molecule has 0 radical (unpaired) electrons. The number of aliphatic hydroxyl groups excluding tert-OH is 1. The molecule has 0 saturated carbocycles. The number of hydrogen-bond donors (Lipinski definition) is 3. The first-order valence-electron chi connectivity index (χ1n) is 5.05. The molecule has 0 aliphatic carbocycles. The molecule has 0 aromatic heterocycles. The van der Waals surface area contributed by atoms with Gasteiger partial charge in [-0.3, -0.25) is 4.79 Å². The molecule has 0 heterocycles. The fourth-order valence-electron chi connectivity index (χ4n) is 1.28. The molecule has 0 fully saturated rings. The second-order valence-corrected chi connectivity index (χ2v) is 3.49. The summed E-state index contributed by atoms with van der Waals surface area (Å²) in [6.45, 7) is 1.71. The Labute approximate surface area is 93.3 Å². The first-order chi connectivity index (χ1) is 7.58. The van der Waals surface area contributed by atoms with Crippen LogP contribution in [0.5, 0.6) is 0 Å². The van der Waals surface area contributed by atoms with Crippen LogP contribution < -0.4 is 11.1 Å². The van der Waals surface area contributed by atoms with Gasteiger partial charge in [0.2, 0.25) is 0 Å². The van der Waals surface area contributed by atoms with Gasteiger partial charge in [-0.1, -0.05) is 6.92 Å². The third-order valence-electron chi connectivity index (χ3n) is 2.31. The summed E-state index contributed by atoms with van der Waals surface area (Å²) < 4.78 is 12.8. The molecule has 4 nitrogen and oxygen atoms in total. The Morgan fingerprint density at radius 1 is 1.62 bits per heavy atom. The molecule has 0 saturated heterocycles. The average Bonchev–Trinajstić information content (AvgIpc) is 2.25. The molecule has 88 valence electrons. The number of halogens is 1. The zero-order valence-electron chi connectivity index (χ0n) is 9.03. The van der Waals surface area contributed by atoms with Crippen molar-refractivity contribution in [2.45, 2.75) is 19.4 Å². The first-order valence-corrected chi connectivity index (χ1v) is 5.05. The minimum atomic E-state index is -0.483. The number of carbonyl (C=O) groups is 1. The van der Waals surface area contributed by atoms with Crippen LogP contribution in [0.1, 0.15) is 23.7 Å². The molecule has 1 aromatic rings. The van der Waals surface area contributed by atoms with Gasteiger partial charge in [-0.15, -0.1) is 0 Å². The fraction of sp³-hybridized carbons (Fsp3) is 0.364. The largest absolute Gasteiger partial charge is 0.398 e. The third-order valence-corrected chi connectivity index (χ3v) is 2.31. The van der Waals surface area contributed by atoms with Gasteiger partial charge in [0.1, 0.15) is 5.82 Å². The Hall–Kier alpha value is -1.62. The number of rotatable bonds is 4. The van der Waals surface area contributed by atoms with E-state index in [0.29, 0.717) is 6.42 Å². The molecular weight excluding hydrogens is 211 g/mol. The molecule has 0 aliphatic heterocycles. The Morgan fingerprint density at radius 2 is 2.31 bits per heavy atom. The predicted octanol–water partition coefficient (Wildman–Crippen LogP) is 0.909. The maximum atomic E-state index is 12.8. The van der Waals surface area contributed by atoms with Crippen molar-refractivity contribution in [2.24, 2.45) is 0 Å². The van der Waals surface area contributed by atoms with E-state index in [9.17, 15) is 9.18 Å². The van der Waals surface area contributed by atoms with Gasteiger partial charge in [-0.25, -0.2) is 4.39 Å². The normalized spacial score (nSPS) is 12.2. The molecule has 1 aromatic carbocycles. The molecule has 0 spiro atoms. The van der Waals surface area contributed by atoms with E-state index in [1.54, 1.807) is 0 Å². The molecule has 0 bridgehead atoms. The molecule has 1 unspecified atom stereocenters. The van der Waals surface area contributed by atoms with Crippen LogP contribution in [0, 0.1) is 5.82 Å². The monoisotopic (exact) mass is 226 g/mol. The van der Waals surface area contributed by atoms with Crippen molar-refractivity contribution in [1.82, 2.24) is 5.32 Å². The molecule has 16 heavy (non-hydrogen) atoms. The Bertz CT molecular complexity index is 378. The number of amides is 1. The molecule has 0 aliphatic rings. The number of anilines is 1. The molecule has 5 heteroatoms. The van der Waals surface area contributed by atoms with E-state index in [2.05, 4.69) is 5.32 Å². The van der Waals surface area contributed by atoms with Gasteiger partial charge in [0.25, 0.3) is 5.91 Å². The smallest absolute Gasteiger partial charge is 0.253 e. The van der Waals surface area contributed by atoms with E-state index >= 15 is 0 Å². The maximum Gasteiger partial charge on any atom is 0.253 e. The quantitative estimate of drug-likeness (QED) is 0.668. The second-order valence-electron chi connectivity index (χ2n) is 3.49. The number of carbonyl (C=O) groups excluding carboxylic acids is 1. The number of nitrogen functional groups attached to an aromatic ring is 1. The van der Waals surface area contributed by atoms with Crippen molar-refractivity contribution in [1.29, 1.82) is 0 Å². The van der Waals surface area contributed by atoms with E-state index < -0.39 is 11.7 Å². The van der Waals surface area contributed by atoms with Gasteiger partial charge in [0, 0.05) is 5.69 Å². The number of nitrogens with two attached hydrogens (primary N) is 1. The summed E-state index contributed by atoms with van der Waals surface area (Å²) in [6.07, 6.45) is 0.614. The minimum absolute atomic E-state index is 0.0882. The number of hydrogen-bond acceptors (Lipinski definition) is 3. The van der Waals surface area contributed by atoms with E-state index in [-0.39, 0.29) is 23.9 Å². The molecule has 1 amide bonds. The summed E-state index contributed by atoms with van der Waals surface area (Å²) in [7, 11) is 0. The van der Waals surface area contributed by atoms with Crippen molar-refractivity contribution < 1.29 is 14.3 Å². The van der Waals surface area contributed by atoms with E-state index in [1.165, 1.54) is 12.1 Å². The average molecular weight is 226 g/mol. The first kappa shape index (κ1) is 12.4. The van der Waals surface area contributed by atoms with Crippen LogP contribution in [0.3, 0.4) is 0 Å². The van der Waals surface area contributed by atoms with Crippen LogP contribution in [0.2, 0.25) is 0 Å². The Balaban J connectivity index is 2.80. The highest BCUT2D eigenvalue weighted by molar-refractivity contribution is 5.99. The van der Waals surface area contributed by atoms with Gasteiger partial charge >= 0.3 is 0 Å². The lowest BCUT2D eigenvalue weighted by atomic mass is 10.1. The van der Waals surface area contributed by atoms with Gasteiger partial charge in [-0.2, -0.15) is 0 Å². The van der Waals surface area contributed by atoms with Gasteiger partial charge in [0.15, 0.2) is 0 Å². The summed E-state index contributed by atoms with van der Waals surface area (Å²) in [5.74, 6) is -0.887. The minimum Gasteiger partial charge on any atom is -0.398 e. The predicted molar refractivity (Wildman–Crippen MR) is 59.4 cm³/mol. The molecule has 1 atom stereocenters. The van der Waals surface area contributed by atoms with Crippen molar-refractivity contribution in [3.05, 3.63) is 29.6 Å². The lowest BCUT2D eigenvalue weighted by Crippen LogP contribution is -2.37. The molecule has 4 N–H and O–H groups in total. The number of aliphatic hydroxyl groups is 1. The van der Waals surface area contributed by atoms with Crippen molar-refractivity contribution >= 4 is 11.6 Å². The Kier molecular flexibility index (Phi) is 4.25. The standard InChI is InChI=1S/C11H15FN2O2/c1-2-8(6-15)14-11(16)9-4-3-7(12)5-10(9)13/h3-5,8,15H,2,6,13H2,1H3,(H,14,16). The van der Waals surface area contributed by atoms with Crippen LogP contribution in [0.4, 0.5) is 10.1 Å². The number of nitrogens with one attached hydrogen (secondary N) is 1. The molecule has 1 rings (SSSR count). The SMILES string of the molecule is CCC(CO)NC(=O)c1ccc(F)cc1N. The summed E-state index contributed by atoms with van der Waals surface area (Å²) in [4.78, 5) is 11.7. The zero-order valence-corrected chi connectivity index (χ0v) is 9.03. The lowest BCUT2D eigenvalue weighted by Gasteiger charge is -2.14. The fourth-order valence-corrected chi connectivity index (χ4v) is 1.28. The summed E-state index contributed by atoms with van der Waals surface area (Å²) in [5, 5.41) is 11.5. The number of benzene rings is 1. The van der Waals surface area contributed by atoms with Crippen molar-refractivity contribution in [3.8, 4) is 0 Å². The van der Waals surface area contributed by atoms with Crippen molar-refractivity contribution in [2.75, 3.05) is 12.3 Å².